The van der Waals surface area contributed by atoms with Gasteiger partial charge in [0.2, 0.25) is 0 Å². The number of nitrogens with zero attached hydrogens (tertiary/aromatic N) is 1. The van der Waals surface area contributed by atoms with Crippen molar-refractivity contribution in [2.24, 2.45) is 5.92 Å². The van der Waals surface area contributed by atoms with Crippen LogP contribution in [-0.4, -0.2) is 42.8 Å². The van der Waals surface area contributed by atoms with Gasteiger partial charge in [0.15, 0.2) is 0 Å². The maximum atomic E-state index is 12.8. The van der Waals surface area contributed by atoms with E-state index >= 15 is 0 Å². The molecule has 1 aliphatic heterocycles. The summed E-state index contributed by atoms with van der Waals surface area (Å²) in [7, 11) is 0. The number of rotatable bonds is 6. The molecule has 0 bridgehead atoms. The summed E-state index contributed by atoms with van der Waals surface area (Å²) in [5.41, 5.74) is 0. The lowest BCUT2D eigenvalue weighted by Gasteiger charge is -2.38. The second-order valence-corrected chi connectivity index (χ2v) is 5.65. The van der Waals surface area contributed by atoms with Crippen LogP contribution in [0, 0.1) is 5.92 Å². The van der Waals surface area contributed by atoms with E-state index in [4.69, 9.17) is 0 Å². The van der Waals surface area contributed by atoms with Gasteiger partial charge in [-0.15, -0.1) is 0 Å². The van der Waals surface area contributed by atoms with Crippen LogP contribution < -0.4 is 5.32 Å². The van der Waals surface area contributed by atoms with E-state index in [2.05, 4.69) is 19.2 Å². The summed E-state index contributed by atoms with van der Waals surface area (Å²) < 4.78 is 38.3. The highest BCUT2D eigenvalue weighted by atomic mass is 19.4. The molecule has 1 aliphatic rings. The van der Waals surface area contributed by atoms with Gasteiger partial charge in [0.25, 0.3) is 0 Å². The van der Waals surface area contributed by atoms with Crippen LogP contribution in [-0.2, 0) is 0 Å². The fourth-order valence-electron chi connectivity index (χ4n) is 2.72. The molecule has 2 nitrogen and oxygen atoms in total. The van der Waals surface area contributed by atoms with Gasteiger partial charge in [-0.1, -0.05) is 13.8 Å². The van der Waals surface area contributed by atoms with Gasteiger partial charge in [-0.05, 0) is 39.2 Å². The Balaban J connectivity index is 2.41. The highest BCUT2D eigenvalue weighted by molar-refractivity contribution is 4.82. The van der Waals surface area contributed by atoms with Crippen LogP contribution in [0.5, 0.6) is 0 Å². The molecule has 0 aromatic heterocycles. The number of piperidine rings is 1. The van der Waals surface area contributed by atoms with E-state index in [-0.39, 0.29) is 19.0 Å². The van der Waals surface area contributed by atoms with Gasteiger partial charge in [-0.25, -0.2) is 0 Å². The van der Waals surface area contributed by atoms with Gasteiger partial charge in [-0.2, -0.15) is 13.2 Å². The molecule has 1 heterocycles. The summed E-state index contributed by atoms with van der Waals surface area (Å²) in [5.74, 6) is -1.14. The summed E-state index contributed by atoms with van der Waals surface area (Å²) in [6.45, 7) is 8.01. The molecule has 1 N–H and O–H groups in total. The Bertz CT molecular complexity index is 252. The highest BCUT2D eigenvalue weighted by Crippen LogP contribution is 2.33. The molecule has 0 aromatic rings. The smallest absolute Gasteiger partial charge is 0.312 e. The zero-order chi connectivity index (χ0) is 14.5. The van der Waals surface area contributed by atoms with Crippen molar-refractivity contribution in [2.75, 3.05) is 19.6 Å². The maximum Gasteiger partial charge on any atom is 0.393 e. The van der Waals surface area contributed by atoms with Crippen molar-refractivity contribution >= 4 is 0 Å². The van der Waals surface area contributed by atoms with E-state index in [0.29, 0.717) is 12.5 Å². The van der Waals surface area contributed by atoms with Gasteiger partial charge in [0.1, 0.15) is 0 Å². The van der Waals surface area contributed by atoms with Crippen LogP contribution in [0.2, 0.25) is 0 Å². The van der Waals surface area contributed by atoms with Crippen molar-refractivity contribution in [3.63, 3.8) is 0 Å². The minimum absolute atomic E-state index is 0.162. The third kappa shape index (κ3) is 5.30. The zero-order valence-electron chi connectivity index (χ0n) is 12.3. The van der Waals surface area contributed by atoms with E-state index in [1.165, 1.54) is 0 Å². The lowest BCUT2D eigenvalue weighted by atomic mass is 9.96. The fourth-order valence-corrected chi connectivity index (χ4v) is 2.72. The molecule has 1 fully saturated rings. The van der Waals surface area contributed by atoms with Gasteiger partial charge in [0, 0.05) is 25.2 Å². The van der Waals surface area contributed by atoms with Crippen LogP contribution in [0.4, 0.5) is 13.2 Å². The first-order chi connectivity index (χ1) is 8.88. The van der Waals surface area contributed by atoms with E-state index in [9.17, 15) is 13.2 Å². The number of nitrogens with one attached hydrogen (secondary N) is 1. The van der Waals surface area contributed by atoms with Gasteiger partial charge >= 0.3 is 6.18 Å². The number of alkyl halides is 3. The lowest BCUT2D eigenvalue weighted by molar-refractivity contribution is -0.188. The Hall–Kier alpha value is -0.290. The van der Waals surface area contributed by atoms with Crippen molar-refractivity contribution in [1.29, 1.82) is 0 Å². The zero-order valence-corrected chi connectivity index (χ0v) is 12.3. The topological polar surface area (TPSA) is 15.3 Å². The van der Waals surface area contributed by atoms with Crippen molar-refractivity contribution in [2.45, 2.75) is 64.7 Å². The molecule has 2 atom stereocenters. The number of likely N-dealkylation sites (tertiary alicyclic amines) is 1. The molecule has 19 heavy (non-hydrogen) atoms. The molecule has 1 saturated heterocycles. The monoisotopic (exact) mass is 280 g/mol. The second-order valence-electron chi connectivity index (χ2n) is 5.65. The van der Waals surface area contributed by atoms with Crippen molar-refractivity contribution in [1.82, 2.24) is 10.2 Å². The Labute approximate surface area is 114 Å². The summed E-state index contributed by atoms with van der Waals surface area (Å²) >= 11 is 0. The van der Waals surface area contributed by atoms with Crippen LogP contribution in [0.15, 0.2) is 0 Å². The molecular weight excluding hydrogens is 253 g/mol. The van der Waals surface area contributed by atoms with E-state index < -0.39 is 12.1 Å². The Morgan fingerprint density at radius 3 is 2.42 bits per heavy atom. The minimum atomic E-state index is -4.04. The number of halogens is 3. The SMILES string of the molecule is CCC(CC)NCC(C)N1CCCC(C(F)(F)F)C1. The summed E-state index contributed by atoms with van der Waals surface area (Å²) in [4.78, 5) is 1.98. The van der Waals surface area contributed by atoms with Crippen LogP contribution in [0.1, 0.15) is 46.5 Å². The predicted molar refractivity (Wildman–Crippen MR) is 72.2 cm³/mol. The van der Waals surface area contributed by atoms with Crippen molar-refractivity contribution in [3.8, 4) is 0 Å². The molecule has 2 unspecified atom stereocenters. The van der Waals surface area contributed by atoms with Crippen LogP contribution in [0.25, 0.3) is 0 Å². The molecule has 114 valence electrons. The summed E-state index contributed by atoms with van der Waals surface area (Å²) in [5, 5.41) is 3.45. The normalized spacial score (nSPS) is 23.8. The number of hydrogen-bond acceptors (Lipinski definition) is 2. The first kappa shape index (κ1) is 16.8. The molecule has 5 heteroatoms. The quantitative estimate of drug-likeness (QED) is 0.802. The third-order valence-electron chi connectivity index (χ3n) is 4.23. The van der Waals surface area contributed by atoms with Crippen molar-refractivity contribution in [3.05, 3.63) is 0 Å². The average Bonchev–Trinajstić information content (AvgIpc) is 2.39. The van der Waals surface area contributed by atoms with Gasteiger partial charge in [-0.3, -0.25) is 4.90 Å². The first-order valence-electron chi connectivity index (χ1n) is 7.42. The minimum Gasteiger partial charge on any atom is -0.312 e. The van der Waals surface area contributed by atoms with Crippen LogP contribution >= 0.6 is 0 Å². The summed E-state index contributed by atoms with van der Waals surface area (Å²) in [6, 6.07) is 0.649. The lowest BCUT2D eigenvalue weighted by Crippen LogP contribution is -2.49. The largest absolute Gasteiger partial charge is 0.393 e. The highest BCUT2D eigenvalue weighted by Gasteiger charge is 2.42. The first-order valence-corrected chi connectivity index (χ1v) is 7.42. The van der Waals surface area contributed by atoms with Gasteiger partial charge in [0.05, 0.1) is 5.92 Å². The molecule has 0 amide bonds. The van der Waals surface area contributed by atoms with Gasteiger partial charge < -0.3 is 5.32 Å². The standard InChI is InChI=1S/C14H27F3N2/c1-4-13(5-2)18-9-11(3)19-8-6-7-12(10-19)14(15,16)17/h11-13,18H,4-10H2,1-3H3. The molecule has 0 saturated carbocycles. The molecule has 0 aromatic carbocycles. The molecule has 0 aliphatic carbocycles. The Kier molecular flexibility index (Phi) is 6.60. The van der Waals surface area contributed by atoms with Crippen molar-refractivity contribution < 1.29 is 13.2 Å². The third-order valence-corrected chi connectivity index (χ3v) is 4.23. The Morgan fingerprint density at radius 1 is 1.26 bits per heavy atom. The maximum absolute atomic E-state index is 12.8. The molecule has 0 radical (unpaired) electrons. The Morgan fingerprint density at radius 2 is 1.89 bits per heavy atom. The average molecular weight is 280 g/mol. The molecular formula is C14H27F3N2. The molecule has 0 spiro atoms. The van der Waals surface area contributed by atoms with E-state index in [1.54, 1.807) is 0 Å². The predicted octanol–water partition coefficient (Wildman–Crippen LogP) is 3.43. The molecule has 1 rings (SSSR count). The second kappa shape index (κ2) is 7.48. The summed E-state index contributed by atoms with van der Waals surface area (Å²) in [6.07, 6.45) is -0.976. The van der Waals surface area contributed by atoms with E-state index in [1.807, 2.05) is 11.8 Å². The number of hydrogen-bond donors (Lipinski definition) is 1. The van der Waals surface area contributed by atoms with Crippen LogP contribution in [0.3, 0.4) is 0 Å². The van der Waals surface area contributed by atoms with E-state index in [0.717, 1.165) is 25.9 Å². The fraction of sp³-hybridized carbons (Fsp3) is 1.00.